The van der Waals surface area contributed by atoms with Crippen LogP contribution in [0.4, 0.5) is 13.6 Å². The number of urea groups is 1. The molecule has 4 rings (SSSR count). The fourth-order valence-corrected chi connectivity index (χ4v) is 5.93. The molecule has 2 saturated heterocycles. The molecular weight excluding hydrogens is 515 g/mol. The van der Waals surface area contributed by atoms with Crippen LogP contribution in [0.2, 0.25) is 0 Å². The summed E-state index contributed by atoms with van der Waals surface area (Å²) < 4.78 is 59.6. The molecule has 0 aliphatic carbocycles. The minimum absolute atomic E-state index is 0.142. The first-order valence-electron chi connectivity index (χ1n) is 11.6. The molecule has 3 heterocycles. The number of para-hydroxylation sites is 1. The van der Waals surface area contributed by atoms with Crippen molar-refractivity contribution in [3.8, 4) is 5.75 Å². The van der Waals surface area contributed by atoms with E-state index >= 15 is 8.78 Å². The van der Waals surface area contributed by atoms with Crippen LogP contribution in [0.25, 0.3) is 0 Å². The first-order chi connectivity index (χ1) is 17.4. The topological polar surface area (TPSA) is 153 Å². The number of nitrogens with zero attached hydrogens (tertiary/aromatic N) is 3. The lowest BCUT2D eigenvalue weighted by Crippen LogP contribution is -2.62. The van der Waals surface area contributed by atoms with E-state index < -0.39 is 55.3 Å². The second kappa shape index (κ2) is 10.2. The Morgan fingerprint density at radius 2 is 2.05 bits per heavy atom. The summed E-state index contributed by atoms with van der Waals surface area (Å²) in [5.74, 6) is -4.25. The summed E-state index contributed by atoms with van der Waals surface area (Å²) >= 11 is 0. The summed E-state index contributed by atoms with van der Waals surface area (Å²) in [5, 5.41) is 13.0. The van der Waals surface area contributed by atoms with Gasteiger partial charge in [0.15, 0.2) is 6.10 Å². The van der Waals surface area contributed by atoms with Crippen molar-refractivity contribution in [2.45, 2.75) is 43.7 Å². The van der Waals surface area contributed by atoms with Gasteiger partial charge in [-0.3, -0.25) is 9.32 Å². The molecule has 37 heavy (non-hydrogen) atoms. The molecule has 6 atom stereocenters. The number of nitrogens with one attached hydrogen (secondary N) is 1. The number of benzene rings is 1. The average Bonchev–Trinajstić information content (AvgIpc) is 3.29. The molecule has 4 N–H and O–H groups in total. The number of amides is 3. The summed E-state index contributed by atoms with van der Waals surface area (Å²) in [4.78, 5) is 30.0. The Bertz CT molecular complexity index is 1150. The van der Waals surface area contributed by atoms with E-state index in [1.54, 1.807) is 25.2 Å². The van der Waals surface area contributed by atoms with Crippen molar-refractivity contribution in [2.75, 3.05) is 26.7 Å². The lowest BCUT2D eigenvalue weighted by atomic mass is 10.1. The van der Waals surface area contributed by atoms with E-state index in [4.69, 9.17) is 19.5 Å². The molecular formula is C22H29F2N5O7P+. The summed E-state index contributed by atoms with van der Waals surface area (Å²) in [6.45, 7) is 0.928. The van der Waals surface area contributed by atoms with Crippen molar-refractivity contribution in [1.82, 2.24) is 9.99 Å². The van der Waals surface area contributed by atoms with Crippen LogP contribution in [0.5, 0.6) is 5.75 Å². The summed E-state index contributed by atoms with van der Waals surface area (Å²) in [7, 11) is -2.75. The second-order valence-corrected chi connectivity index (χ2v) is 10.6. The molecule has 3 aliphatic heterocycles. The predicted octanol–water partition coefficient (Wildman–Crippen LogP) is 1.57. The standard InChI is InChI=1S/C22H28F2N5O7P/c1-3-29(12-10-17(25)26-21(29)32)20-22(23,24)18(30)16(35-20)13-34-37(33,36-14-7-5-4-6-8-14)27-15-9-11-28(2)19(15)31/h4-8,10,12,15-16,18,20,30H,3,9,11,13H2,1-2H3,(H2-,25,26,27,32,33)/p+1. The number of hydrogen-bond donors (Lipinski definition) is 3. The highest BCUT2D eigenvalue weighted by molar-refractivity contribution is 7.52. The molecule has 0 saturated carbocycles. The van der Waals surface area contributed by atoms with Gasteiger partial charge in [-0.25, -0.2) is 9.36 Å². The fraction of sp³-hybridized carbons (Fsp3) is 0.500. The SMILES string of the molecule is CC[N+]1(C2OC(COP(=O)(NC3CCN(C)C3=O)Oc3ccccc3)C(O)C2(F)F)C=CC(N)=NC1=O. The lowest BCUT2D eigenvalue weighted by molar-refractivity contribution is -0.859. The molecule has 3 aliphatic rings. The maximum atomic E-state index is 15.2. The fourth-order valence-electron chi connectivity index (χ4n) is 4.38. The van der Waals surface area contributed by atoms with Crippen LogP contribution < -0.4 is 15.3 Å². The van der Waals surface area contributed by atoms with Crippen molar-refractivity contribution in [2.24, 2.45) is 10.7 Å². The van der Waals surface area contributed by atoms with E-state index in [1.807, 2.05) is 0 Å². The first-order valence-corrected chi connectivity index (χ1v) is 13.1. The van der Waals surface area contributed by atoms with Gasteiger partial charge in [-0.2, -0.15) is 18.4 Å². The minimum atomic E-state index is -4.33. The van der Waals surface area contributed by atoms with E-state index in [2.05, 4.69) is 10.1 Å². The number of carbonyl (C=O) groups excluding carboxylic acids is 2. The Kier molecular flexibility index (Phi) is 7.52. The number of carbonyl (C=O) groups is 2. The zero-order chi connectivity index (χ0) is 27.0. The molecule has 12 nitrogen and oxygen atoms in total. The van der Waals surface area contributed by atoms with Gasteiger partial charge in [0.2, 0.25) is 5.91 Å². The van der Waals surface area contributed by atoms with E-state index in [0.29, 0.717) is 13.0 Å². The molecule has 202 valence electrons. The van der Waals surface area contributed by atoms with Crippen LogP contribution in [-0.4, -0.2) is 89.4 Å². The van der Waals surface area contributed by atoms with Gasteiger partial charge in [0.25, 0.3) is 6.23 Å². The average molecular weight is 544 g/mol. The van der Waals surface area contributed by atoms with Gasteiger partial charge >= 0.3 is 19.7 Å². The normalized spacial score (nSPS) is 32.9. The lowest BCUT2D eigenvalue weighted by Gasteiger charge is -2.37. The molecule has 0 spiro atoms. The van der Waals surface area contributed by atoms with Crippen molar-refractivity contribution in [3.63, 3.8) is 0 Å². The summed E-state index contributed by atoms with van der Waals surface area (Å²) in [6, 6.07) is 6.07. The number of nitrogens with two attached hydrogens (primary N) is 1. The number of halogens is 2. The van der Waals surface area contributed by atoms with Crippen LogP contribution in [0, 0.1) is 0 Å². The number of likely N-dealkylation sites (tertiary alicyclic amines) is 1. The van der Waals surface area contributed by atoms with Crippen LogP contribution in [-0.2, 0) is 18.6 Å². The highest BCUT2D eigenvalue weighted by Gasteiger charge is 2.69. The minimum Gasteiger partial charge on any atom is -0.413 e. The highest BCUT2D eigenvalue weighted by Crippen LogP contribution is 2.48. The zero-order valence-corrected chi connectivity index (χ0v) is 21.1. The van der Waals surface area contributed by atoms with E-state index in [9.17, 15) is 19.3 Å². The third-order valence-corrected chi connectivity index (χ3v) is 8.10. The quantitative estimate of drug-likeness (QED) is 0.311. The largest absolute Gasteiger partial charge is 0.459 e. The van der Waals surface area contributed by atoms with Crippen LogP contribution in [0.1, 0.15) is 13.3 Å². The van der Waals surface area contributed by atoms with Crippen molar-refractivity contribution in [1.29, 1.82) is 0 Å². The van der Waals surface area contributed by atoms with Gasteiger partial charge < -0.3 is 25.0 Å². The van der Waals surface area contributed by atoms with E-state index in [1.165, 1.54) is 30.0 Å². The summed E-state index contributed by atoms with van der Waals surface area (Å²) in [6.07, 6.45) is -3.57. The van der Waals surface area contributed by atoms with Gasteiger partial charge in [0, 0.05) is 19.7 Å². The number of amidine groups is 1. The molecule has 0 radical (unpaired) electrons. The number of aliphatic hydroxyl groups is 1. The molecule has 0 bridgehead atoms. The maximum absolute atomic E-state index is 15.2. The van der Waals surface area contributed by atoms with Crippen LogP contribution in [0.3, 0.4) is 0 Å². The van der Waals surface area contributed by atoms with Gasteiger partial charge in [0.1, 0.15) is 23.9 Å². The maximum Gasteiger partial charge on any atom is 0.459 e. The molecule has 2 fully saturated rings. The second-order valence-electron chi connectivity index (χ2n) is 8.96. The van der Waals surface area contributed by atoms with Gasteiger partial charge in [-0.15, -0.1) is 4.99 Å². The Hall–Kier alpha value is -2.74. The van der Waals surface area contributed by atoms with E-state index in [-0.39, 0.29) is 24.0 Å². The zero-order valence-electron chi connectivity index (χ0n) is 20.2. The molecule has 1 aromatic carbocycles. The monoisotopic (exact) mass is 544 g/mol. The number of aliphatic hydroxyl groups excluding tert-OH is 1. The van der Waals surface area contributed by atoms with Gasteiger partial charge in [-0.05, 0) is 25.5 Å². The van der Waals surface area contributed by atoms with Crippen molar-refractivity contribution < 1.29 is 46.3 Å². The number of aliphatic imine (C=N–C) groups is 1. The third kappa shape index (κ3) is 5.17. The Balaban J connectivity index is 1.54. The molecule has 6 unspecified atom stereocenters. The third-order valence-electron chi connectivity index (χ3n) is 6.53. The smallest absolute Gasteiger partial charge is 0.413 e. The predicted molar refractivity (Wildman–Crippen MR) is 126 cm³/mol. The van der Waals surface area contributed by atoms with Crippen molar-refractivity contribution >= 4 is 25.5 Å². The number of rotatable bonds is 9. The van der Waals surface area contributed by atoms with Crippen LogP contribution >= 0.6 is 7.75 Å². The number of ether oxygens (including phenoxy) is 1. The Morgan fingerprint density at radius 3 is 2.65 bits per heavy atom. The van der Waals surface area contributed by atoms with Gasteiger partial charge in [-0.1, -0.05) is 18.2 Å². The van der Waals surface area contributed by atoms with Crippen molar-refractivity contribution in [3.05, 3.63) is 42.6 Å². The van der Waals surface area contributed by atoms with Gasteiger partial charge in [0.05, 0.1) is 19.2 Å². The van der Waals surface area contributed by atoms with E-state index in [0.717, 1.165) is 6.20 Å². The number of quaternary nitrogens is 1. The Morgan fingerprint density at radius 1 is 1.35 bits per heavy atom. The Labute approximate surface area is 211 Å². The molecule has 1 aromatic rings. The summed E-state index contributed by atoms with van der Waals surface area (Å²) in [5.41, 5.74) is 5.52. The molecule has 15 heteroatoms. The highest BCUT2D eigenvalue weighted by atomic mass is 31.2. The number of alkyl halides is 2. The molecule has 3 amide bonds. The molecule has 0 aromatic heterocycles. The first kappa shape index (κ1) is 27.3. The number of likely N-dealkylation sites (N-methyl/N-ethyl adjacent to an activating group) is 1. The number of hydrogen-bond acceptors (Lipinski definition) is 8. The van der Waals surface area contributed by atoms with Crippen LogP contribution in [0.15, 0.2) is 47.6 Å².